The standard InChI is InChI=1S/C12H26N2O2.ClH/c1-5-6-7-16-8-11(15)14-12(4,9-13)10(2)3;/h10H,5-9,13H2,1-4H3,(H,14,15);1H. The van der Waals surface area contributed by atoms with Crippen LogP contribution in [0.3, 0.4) is 0 Å². The molecule has 0 saturated heterocycles. The second kappa shape index (κ2) is 9.68. The Morgan fingerprint density at radius 2 is 2.06 bits per heavy atom. The van der Waals surface area contributed by atoms with Crippen molar-refractivity contribution < 1.29 is 9.53 Å². The molecule has 0 saturated carbocycles. The van der Waals surface area contributed by atoms with Crippen LogP contribution in [-0.4, -0.2) is 31.2 Å². The van der Waals surface area contributed by atoms with Gasteiger partial charge in [-0.05, 0) is 19.3 Å². The van der Waals surface area contributed by atoms with Crippen molar-refractivity contribution in [2.24, 2.45) is 11.7 Å². The van der Waals surface area contributed by atoms with E-state index >= 15 is 0 Å². The zero-order chi connectivity index (χ0) is 12.6. The molecule has 104 valence electrons. The molecule has 0 aromatic carbocycles. The molecule has 0 spiro atoms. The van der Waals surface area contributed by atoms with Crippen LogP contribution in [0, 0.1) is 5.92 Å². The third kappa shape index (κ3) is 7.58. The highest BCUT2D eigenvalue weighted by Crippen LogP contribution is 2.14. The summed E-state index contributed by atoms with van der Waals surface area (Å²) in [5, 5.41) is 2.93. The zero-order valence-corrected chi connectivity index (χ0v) is 12.2. The van der Waals surface area contributed by atoms with Crippen LogP contribution in [0.4, 0.5) is 0 Å². The number of hydrogen-bond donors (Lipinski definition) is 2. The van der Waals surface area contributed by atoms with E-state index in [2.05, 4.69) is 12.2 Å². The number of nitrogens with two attached hydrogens (primary N) is 1. The van der Waals surface area contributed by atoms with E-state index in [4.69, 9.17) is 10.5 Å². The van der Waals surface area contributed by atoms with E-state index in [0.29, 0.717) is 19.1 Å². The van der Waals surface area contributed by atoms with Gasteiger partial charge in [0.15, 0.2) is 0 Å². The highest BCUT2D eigenvalue weighted by atomic mass is 35.5. The van der Waals surface area contributed by atoms with E-state index in [9.17, 15) is 4.79 Å². The van der Waals surface area contributed by atoms with Crippen LogP contribution in [0.1, 0.15) is 40.5 Å². The summed E-state index contributed by atoms with van der Waals surface area (Å²) in [7, 11) is 0. The summed E-state index contributed by atoms with van der Waals surface area (Å²) in [5.74, 6) is 0.217. The molecule has 0 radical (unpaired) electrons. The average Bonchev–Trinajstić information content (AvgIpc) is 2.24. The molecule has 0 aliphatic carbocycles. The lowest BCUT2D eigenvalue weighted by Gasteiger charge is -2.33. The first-order valence-electron chi connectivity index (χ1n) is 6.05. The first-order valence-corrected chi connectivity index (χ1v) is 6.05. The minimum atomic E-state index is -0.342. The fourth-order valence-electron chi connectivity index (χ4n) is 1.20. The normalized spacial score (nSPS) is 14.0. The van der Waals surface area contributed by atoms with E-state index in [1.165, 1.54) is 0 Å². The Labute approximate surface area is 111 Å². The summed E-state index contributed by atoms with van der Waals surface area (Å²) in [4.78, 5) is 11.6. The number of ether oxygens (including phenoxy) is 1. The second-order valence-corrected chi connectivity index (χ2v) is 4.73. The van der Waals surface area contributed by atoms with Crippen molar-refractivity contribution in [3.8, 4) is 0 Å². The quantitative estimate of drug-likeness (QED) is 0.658. The lowest BCUT2D eigenvalue weighted by Crippen LogP contribution is -2.55. The third-order valence-electron chi connectivity index (χ3n) is 3.00. The molecule has 0 aliphatic heterocycles. The molecule has 1 unspecified atom stereocenters. The monoisotopic (exact) mass is 266 g/mol. The van der Waals surface area contributed by atoms with Gasteiger partial charge in [-0.2, -0.15) is 0 Å². The van der Waals surface area contributed by atoms with E-state index in [-0.39, 0.29) is 30.5 Å². The first kappa shape index (κ1) is 19.0. The SMILES string of the molecule is CCCCOCC(=O)NC(C)(CN)C(C)C.Cl. The van der Waals surface area contributed by atoms with Gasteiger partial charge < -0.3 is 15.8 Å². The van der Waals surface area contributed by atoms with E-state index in [1.54, 1.807) is 0 Å². The highest BCUT2D eigenvalue weighted by molar-refractivity contribution is 5.85. The molecule has 0 heterocycles. The predicted molar refractivity (Wildman–Crippen MR) is 73.4 cm³/mol. The summed E-state index contributed by atoms with van der Waals surface area (Å²) < 4.78 is 5.25. The summed E-state index contributed by atoms with van der Waals surface area (Å²) in [6, 6.07) is 0. The predicted octanol–water partition coefficient (Wildman–Crippen LogP) is 1.71. The van der Waals surface area contributed by atoms with Gasteiger partial charge in [-0.1, -0.05) is 27.2 Å². The fraction of sp³-hybridized carbons (Fsp3) is 0.917. The van der Waals surface area contributed by atoms with E-state index in [1.807, 2.05) is 20.8 Å². The van der Waals surface area contributed by atoms with Crippen LogP contribution in [0.5, 0.6) is 0 Å². The Kier molecular flexibility index (Phi) is 10.8. The topological polar surface area (TPSA) is 64.3 Å². The van der Waals surface area contributed by atoms with Gasteiger partial charge in [0.25, 0.3) is 0 Å². The van der Waals surface area contributed by atoms with Crippen molar-refractivity contribution in [2.75, 3.05) is 19.8 Å². The Hall–Kier alpha value is -0.320. The molecule has 0 bridgehead atoms. The Morgan fingerprint density at radius 3 is 2.47 bits per heavy atom. The maximum Gasteiger partial charge on any atom is 0.246 e. The molecule has 17 heavy (non-hydrogen) atoms. The van der Waals surface area contributed by atoms with Crippen LogP contribution in [-0.2, 0) is 9.53 Å². The van der Waals surface area contributed by atoms with Crippen LogP contribution in [0.2, 0.25) is 0 Å². The molecular weight excluding hydrogens is 240 g/mol. The van der Waals surface area contributed by atoms with Gasteiger partial charge in [0.05, 0.1) is 5.54 Å². The molecule has 1 atom stereocenters. The average molecular weight is 267 g/mol. The van der Waals surface area contributed by atoms with E-state index in [0.717, 1.165) is 12.8 Å². The largest absolute Gasteiger partial charge is 0.372 e. The first-order chi connectivity index (χ1) is 7.46. The Morgan fingerprint density at radius 1 is 1.47 bits per heavy atom. The molecule has 4 nitrogen and oxygen atoms in total. The van der Waals surface area contributed by atoms with Gasteiger partial charge in [0.2, 0.25) is 5.91 Å². The van der Waals surface area contributed by atoms with Crippen LogP contribution in [0.15, 0.2) is 0 Å². The zero-order valence-electron chi connectivity index (χ0n) is 11.4. The maximum absolute atomic E-state index is 11.6. The number of rotatable bonds is 8. The van der Waals surface area contributed by atoms with Crippen LogP contribution < -0.4 is 11.1 Å². The molecule has 0 aromatic heterocycles. The Balaban J connectivity index is 0. The lowest BCUT2D eigenvalue weighted by molar-refractivity contribution is -0.128. The number of carbonyl (C=O) groups excluding carboxylic acids is 1. The lowest BCUT2D eigenvalue weighted by atomic mass is 9.88. The maximum atomic E-state index is 11.6. The highest BCUT2D eigenvalue weighted by Gasteiger charge is 2.28. The van der Waals surface area contributed by atoms with E-state index < -0.39 is 0 Å². The van der Waals surface area contributed by atoms with Crippen molar-refractivity contribution in [3.05, 3.63) is 0 Å². The number of unbranched alkanes of at least 4 members (excludes halogenated alkanes) is 1. The van der Waals surface area contributed by atoms with Crippen LogP contribution in [0.25, 0.3) is 0 Å². The van der Waals surface area contributed by atoms with Crippen LogP contribution >= 0.6 is 12.4 Å². The van der Waals surface area contributed by atoms with Crippen molar-refractivity contribution in [3.63, 3.8) is 0 Å². The summed E-state index contributed by atoms with van der Waals surface area (Å²) in [5.41, 5.74) is 5.34. The van der Waals surface area contributed by atoms with Gasteiger partial charge in [-0.3, -0.25) is 4.79 Å². The molecule has 3 N–H and O–H groups in total. The minimum absolute atomic E-state index is 0. The van der Waals surface area contributed by atoms with Gasteiger partial charge in [-0.15, -0.1) is 12.4 Å². The molecule has 0 aliphatic rings. The number of amides is 1. The molecule has 1 amide bonds. The minimum Gasteiger partial charge on any atom is -0.372 e. The van der Waals surface area contributed by atoms with Gasteiger partial charge in [-0.25, -0.2) is 0 Å². The van der Waals surface area contributed by atoms with Crippen molar-refractivity contribution >= 4 is 18.3 Å². The molecule has 5 heteroatoms. The summed E-state index contributed by atoms with van der Waals surface area (Å²) in [6.45, 7) is 9.35. The fourth-order valence-corrected chi connectivity index (χ4v) is 1.20. The van der Waals surface area contributed by atoms with Gasteiger partial charge in [0, 0.05) is 13.2 Å². The van der Waals surface area contributed by atoms with Crippen molar-refractivity contribution in [1.82, 2.24) is 5.32 Å². The Bertz CT molecular complexity index is 213. The van der Waals surface area contributed by atoms with Gasteiger partial charge in [0.1, 0.15) is 6.61 Å². The summed E-state index contributed by atoms with van der Waals surface area (Å²) >= 11 is 0. The number of nitrogens with one attached hydrogen (secondary N) is 1. The number of hydrogen-bond acceptors (Lipinski definition) is 3. The van der Waals surface area contributed by atoms with Crippen molar-refractivity contribution in [2.45, 2.75) is 46.1 Å². The van der Waals surface area contributed by atoms with Gasteiger partial charge >= 0.3 is 0 Å². The molecule has 0 rings (SSSR count). The molecule has 0 fully saturated rings. The smallest absolute Gasteiger partial charge is 0.246 e. The summed E-state index contributed by atoms with van der Waals surface area (Å²) in [6.07, 6.45) is 2.07. The number of carbonyl (C=O) groups is 1. The number of halogens is 1. The second-order valence-electron chi connectivity index (χ2n) is 4.73. The molecular formula is C12H27ClN2O2. The molecule has 0 aromatic rings. The third-order valence-corrected chi connectivity index (χ3v) is 3.00. The van der Waals surface area contributed by atoms with Crippen molar-refractivity contribution in [1.29, 1.82) is 0 Å².